The second-order valence-corrected chi connectivity index (χ2v) is 4.91. The van der Waals surface area contributed by atoms with Crippen LogP contribution in [-0.2, 0) is 6.42 Å². The molecule has 104 valence electrons. The molecule has 2 aromatic rings. The fraction of sp³-hybridized carbons (Fsp3) is 0.188. The molecule has 2 N–H and O–H groups in total. The molecular weight excluding hydrogens is 274 g/mol. The third-order valence-electron chi connectivity index (χ3n) is 2.89. The average molecular weight is 290 g/mol. The Hall–Kier alpha value is -2.00. The van der Waals surface area contributed by atoms with Gasteiger partial charge in [-0.15, -0.1) is 0 Å². The van der Waals surface area contributed by atoms with E-state index in [1.54, 1.807) is 18.2 Å². The van der Waals surface area contributed by atoms with E-state index in [4.69, 9.17) is 22.1 Å². The summed E-state index contributed by atoms with van der Waals surface area (Å²) in [6.45, 7) is 0.578. The van der Waals surface area contributed by atoms with Crippen LogP contribution in [0.2, 0.25) is 5.02 Å². The van der Waals surface area contributed by atoms with Gasteiger partial charge in [-0.2, -0.15) is 0 Å². The highest BCUT2D eigenvalue weighted by atomic mass is 35.5. The Balaban J connectivity index is 1.81. The van der Waals surface area contributed by atoms with Crippen molar-refractivity contribution in [2.24, 2.45) is 5.73 Å². The summed E-state index contributed by atoms with van der Waals surface area (Å²) in [4.78, 5) is 11.1. The molecule has 0 aliphatic heterocycles. The van der Waals surface area contributed by atoms with Gasteiger partial charge in [0.05, 0.1) is 6.61 Å². The van der Waals surface area contributed by atoms with Gasteiger partial charge in [0.1, 0.15) is 5.75 Å². The summed E-state index contributed by atoms with van der Waals surface area (Å²) >= 11 is 5.93. The van der Waals surface area contributed by atoms with Crippen molar-refractivity contribution in [3.8, 4) is 5.75 Å². The maximum Gasteiger partial charge on any atom is 0.248 e. The van der Waals surface area contributed by atoms with Crippen molar-refractivity contribution in [1.82, 2.24) is 0 Å². The van der Waals surface area contributed by atoms with Crippen LogP contribution in [0.25, 0.3) is 0 Å². The largest absolute Gasteiger partial charge is 0.494 e. The molecule has 4 heteroatoms. The molecule has 20 heavy (non-hydrogen) atoms. The zero-order chi connectivity index (χ0) is 14.4. The summed E-state index contributed by atoms with van der Waals surface area (Å²) in [5.41, 5.74) is 6.86. The van der Waals surface area contributed by atoms with Gasteiger partial charge in [-0.05, 0) is 48.7 Å². The summed E-state index contributed by atoms with van der Waals surface area (Å²) in [6.07, 6.45) is 1.78. The second kappa shape index (κ2) is 6.96. The van der Waals surface area contributed by atoms with Gasteiger partial charge in [0.2, 0.25) is 5.91 Å². The van der Waals surface area contributed by atoms with E-state index in [-0.39, 0.29) is 0 Å². The fourth-order valence-electron chi connectivity index (χ4n) is 1.90. The number of hydrogen-bond acceptors (Lipinski definition) is 2. The van der Waals surface area contributed by atoms with Crippen molar-refractivity contribution in [2.75, 3.05) is 6.61 Å². The molecule has 0 heterocycles. The summed E-state index contributed by atoms with van der Waals surface area (Å²) in [7, 11) is 0. The third-order valence-corrected chi connectivity index (χ3v) is 3.12. The first kappa shape index (κ1) is 14.4. The molecule has 1 amide bonds. The predicted molar refractivity (Wildman–Crippen MR) is 80.2 cm³/mol. The zero-order valence-corrected chi connectivity index (χ0v) is 11.8. The Morgan fingerprint density at radius 3 is 2.70 bits per heavy atom. The van der Waals surface area contributed by atoms with E-state index >= 15 is 0 Å². The van der Waals surface area contributed by atoms with Crippen LogP contribution in [0.4, 0.5) is 0 Å². The van der Waals surface area contributed by atoms with Gasteiger partial charge < -0.3 is 10.5 Å². The van der Waals surface area contributed by atoms with Crippen molar-refractivity contribution in [3.63, 3.8) is 0 Å². The molecule has 2 aromatic carbocycles. The molecule has 0 aliphatic rings. The topological polar surface area (TPSA) is 52.3 Å². The number of carbonyl (C=O) groups is 1. The number of nitrogens with two attached hydrogens (primary N) is 1. The Morgan fingerprint density at radius 2 is 1.95 bits per heavy atom. The first-order valence-corrected chi connectivity index (χ1v) is 6.80. The molecule has 0 saturated carbocycles. The van der Waals surface area contributed by atoms with E-state index in [9.17, 15) is 4.79 Å². The zero-order valence-electron chi connectivity index (χ0n) is 11.0. The Morgan fingerprint density at radius 1 is 1.15 bits per heavy atom. The van der Waals surface area contributed by atoms with E-state index in [2.05, 4.69) is 0 Å². The lowest BCUT2D eigenvalue weighted by Crippen LogP contribution is -2.11. The predicted octanol–water partition coefficient (Wildman–Crippen LogP) is 3.45. The van der Waals surface area contributed by atoms with Crippen molar-refractivity contribution in [1.29, 1.82) is 0 Å². The molecule has 0 unspecified atom stereocenters. The molecule has 0 radical (unpaired) electrons. The van der Waals surface area contributed by atoms with Gasteiger partial charge in [0, 0.05) is 10.6 Å². The molecule has 3 nitrogen and oxygen atoms in total. The second-order valence-electron chi connectivity index (χ2n) is 4.47. The fourth-order valence-corrected chi connectivity index (χ4v) is 2.11. The minimum atomic E-state index is -0.450. The Labute approximate surface area is 123 Å². The van der Waals surface area contributed by atoms with Gasteiger partial charge in [-0.25, -0.2) is 0 Å². The van der Waals surface area contributed by atoms with E-state index in [0.717, 1.165) is 17.9 Å². The van der Waals surface area contributed by atoms with Gasteiger partial charge >= 0.3 is 0 Å². The van der Waals surface area contributed by atoms with Gasteiger partial charge in [0.15, 0.2) is 0 Å². The molecule has 0 aliphatic carbocycles. The number of benzene rings is 2. The highest BCUT2D eigenvalue weighted by molar-refractivity contribution is 6.30. The summed E-state index contributed by atoms with van der Waals surface area (Å²) < 4.78 is 5.61. The van der Waals surface area contributed by atoms with Crippen LogP contribution < -0.4 is 10.5 Å². The number of ether oxygens (including phenoxy) is 1. The number of hydrogen-bond donors (Lipinski definition) is 1. The van der Waals surface area contributed by atoms with E-state index in [1.807, 2.05) is 30.3 Å². The maximum atomic E-state index is 11.1. The SMILES string of the molecule is NC(=O)c1cccc(OCCCc2cccc(Cl)c2)c1. The highest BCUT2D eigenvalue weighted by Gasteiger charge is 2.02. The number of aryl methyl sites for hydroxylation is 1. The van der Waals surface area contributed by atoms with Crippen LogP contribution in [0.5, 0.6) is 5.75 Å². The van der Waals surface area contributed by atoms with Crippen LogP contribution in [-0.4, -0.2) is 12.5 Å². The van der Waals surface area contributed by atoms with Gasteiger partial charge in [0.25, 0.3) is 0 Å². The number of rotatable bonds is 6. The van der Waals surface area contributed by atoms with Crippen molar-refractivity contribution in [3.05, 3.63) is 64.7 Å². The van der Waals surface area contributed by atoms with Crippen molar-refractivity contribution >= 4 is 17.5 Å². The maximum absolute atomic E-state index is 11.1. The van der Waals surface area contributed by atoms with Crippen LogP contribution in [0.15, 0.2) is 48.5 Å². The molecule has 0 fully saturated rings. The smallest absolute Gasteiger partial charge is 0.248 e. The summed E-state index contributed by atoms with van der Waals surface area (Å²) in [6, 6.07) is 14.7. The lowest BCUT2D eigenvalue weighted by molar-refractivity contribution is 0.1000. The van der Waals surface area contributed by atoms with Crippen LogP contribution in [0.3, 0.4) is 0 Å². The number of halogens is 1. The van der Waals surface area contributed by atoms with E-state index in [1.165, 1.54) is 5.56 Å². The first-order valence-electron chi connectivity index (χ1n) is 6.42. The van der Waals surface area contributed by atoms with Crippen molar-refractivity contribution < 1.29 is 9.53 Å². The van der Waals surface area contributed by atoms with Crippen LogP contribution in [0.1, 0.15) is 22.3 Å². The lowest BCUT2D eigenvalue weighted by atomic mass is 10.1. The molecule has 0 spiro atoms. The molecule has 0 bridgehead atoms. The van der Waals surface area contributed by atoms with E-state index in [0.29, 0.717) is 17.9 Å². The van der Waals surface area contributed by atoms with Gasteiger partial charge in [-0.3, -0.25) is 4.79 Å². The first-order chi connectivity index (χ1) is 9.65. The van der Waals surface area contributed by atoms with E-state index < -0.39 is 5.91 Å². The summed E-state index contributed by atoms with van der Waals surface area (Å²) in [5.74, 6) is 0.210. The van der Waals surface area contributed by atoms with Crippen molar-refractivity contribution in [2.45, 2.75) is 12.8 Å². The molecule has 0 saturated heterocycles. The lowest BCUT2D eigenvalue weighted by Gasteiger charge is -2.07. The van der Waals surface area contributed by atoms with Crippen LogP contribution >= 0.6 is 11.6 Å². The third kappa shape index (κ3) is 4.28. The summed E-state index contributed by atoms with van der Waals surface area (Å²) in [5, 5.41) is 0.748. The Kier molecular flexibility index (Phi) is 5.02. The minimum Gasteiger partial charge on any atom is -0.494 e. The molecule has 0 aromatic heterocycles. The molecule has 2 rings (SSSR count). The molecule has 0 atom stereocenters. The molecular formula is C16H16ClNO2. The average Bonchev–Trinajstić information content (AvgIpc) is 2.44. The van der Waals surface area contributed by atoms with Crippen LogP contribution in [0, 0.1) is 0 Å². The highest BCUT2D eigenvalue weighted by Crippen LogP contribution is 2.15. The number of primary amides is 1. The monoisotopic (exact) mass is 289 g/mol. The minimum absolute atomic E-state index is 0.450. The van der Waals surface area contributed by atoms with Gasteiger partial charge in [-0.1, -0.05) is 29.8 Å². The standard InChI is InChI=1S/C16H16ClNO2/c17-14-7-1-4-12(10-14)5-3-9-20-15-8-2-6-13(11-15)16(18)19/h1-2,4,6-8,10-11H,3,5,9H2,(H2,18,19). The quantitative estimate of drug-likeness (QED) is 0.828. The number of carbonyl (C=O) groups excluding carboxylic acids is 1. The normalized spacial score (nSPS) is 10.2. The number of amides is 1. The Bertz CT molecular complexity index is 599.